The molecule has 3 rings (SSSR count). The second-order valence-electron chi connectivity index (χ2n) is 7.92. The summed E-state index contributed by atoms with van der Waals surface area (Å²) < 4.78 is 16.2. The molecule has 1 aliphatic rings. The van der Waals surface area contributed by atoms with Crippen molar-refractivity contribution in [3.05, 3.63) is 30.0 Å². The molecule has 1 aliphatic heterocycles. The lowest BCUT2D eigenvalue weighted by atomic mass is 9.95. The third kappa shape index (κ3) is 4.16. The number of rotatable bonds is 5. The van der Waals surface area contributed by atoms with Crippen molar-refractivity contribution in [2.75, 3.05) is 20.8 Å². The Balaban J connectivity index is 1.89. The monoisotopic (exact) mass is 386 g/mol. The summed E-state index contributed by atoms with van der Waals surface area (Å²) >= 11 is 0. The van der Waals surface area contributed by atoms with Crippen LogP contribution in [0, 0.1) is 11.8 Å². The summed E-state index contributed by atoms with van der Waals surface area (Å²) in [6, 6.07) is 7.37. The number of nitrogens with zero attached hydrogens (tertiary/aromatic N) is 2. The highest BCUT2D eigenvalue weighted by molar-refractivity contribution is 5.93. The minimum atomic E-state index is -0.0651. The third-order valence-corrected chi connectivity index (χ3v) is 5.65. The highest BCUT2D eigenvalue weighted by Crippen LogP contribution is 2.34. The highest BCUT2D eigenvalue weighted by Gasteiger charge is 2.31. The van der Waals surface area contributed by atoms with Gasteiger partial charge >= 0.3 is 0 Å². The van der Waals surface area contributed by atoms with Crippen LogP contribution in [0.1, 0.15) is 50.5 Å². The smallest absolute Gasteiger partial charge is 0.276 e. The van der Waals surface area contributed by atoms with Gasteiger partial charge in [0.2, 0.25) is 0 Å². The molecule has 2 unspecified atom stereocenters. The molecule has 2 aromatic rings. The SMILES string of the molecule is COc1ccc(OC)c(-c2cc(C(=O)N3CCC(C)CCC3C(C)C)no2)c1. The predicted molar refractivity (Wildman–Crippen MR) is 108 cm³/mol. The van der Waals surface area contributed by atoms with Crippen LogP contribution in [-0.4, -0.2) is 42.8 Å². The number of aromatic nitrogens is 1. The first-order valence-electron chi connectivity index (χ1n) is 9.94. The van der Waals surface area contributed by atoms with Crippen molar-refractivity contribution in [2.45, 2.75) is 46.1 Å². The highest BCUT2D eigenvalue weighted by atomic mass is 16.5. The zero-order valence-corrected chi connectivity index (χ0v) is 17.4. The lowest BCUT2D eigenvalue weighted by Crippen LogP contribution is -2.43. The van der Waals surface area contributed by atoms with Crippen LogP contribution in [0.25, 0.3) is 11.3 Å². The molecule has 1 fully saturated rings. The fraction of sp³-hybridized carbons (Fsp3) is 0.545. The van der Waals surface area contributed by atoms with E-state index in [9.17, 15) is 4.79 Å². The molecule has 0 N–H and O–H groups in total. The summed E-state index contributed by atoms with van der Waals surface area (Å²) in [5.74, 6) is 2.78. The maximum atomic E-state index is 13.2. The normalized spacial score (nSPS) is 20.1. The summed E-state index contributed by atoms with van der Waals surface area (Å²) in [6.45, 7) is 7.37. The van der Waals surface area contributed by atoms with E-state index in [2.05, 4.69) is 25.9 Å². The molecule has 28 heavy (non-hydrogen) atoms. The first-order chi connectivity index (χ1) is 13.4. The van der Waals surface area contributed by atoms with E-state index in [-0.39, 0.29) is 11.9 Å². The zero-order valence-electron chi connectivity index (χ0n) is 17.4. The quantitative estimate of drug-likeness (QED) is 0.749. The summed E-state index contributed by atoms with van der Waals surface area (Å²) in [7, 11) is 3.20. The lowest BCUT2D eigenvalue weighted by Gasteiger charge is -2.32. The third-order valence-electron chi connectivity index (χ3n) is 5.65. The molecular weight excluding hydrogens is 356 g/mol. The van der Waals surface area contributed by atoms with Crippen LogP contribution in [0.5, 0.6) is 11.5 Å². The number of likely N-dealkylation sites (tertiary alicyclic amines) is 1. The fourth-order valence-corrected chi connectivity index (χ4v) is 3.88. The molecule has 0 radical (unpaired) electrons. The van der Waals surface area contributed by atoms with E-state index in [0.717, 1.165) is 25.8 Å². The maximum absolute atomic E-state index is 13.2. The van der Waals surface area contributed by atoms with Crippen LogP contribution < -0.4 is 9.47 Å². The number of amides is 1. The predicted octanol–water partition coefficient (Wildman–Crippen LogP) is 4.65. The first-order valence-corrected chi connectivity index (χ1v) is 9.94. The van der Waals surface area contributed by atoms with Gasteiger partial charge in [-0.3, -0.25) is 4.79 Å². The van der Waals surface area contributed by atoms with E-state index in [0.29, 0.717) is 40.4 Å². The number of hydrogen-bond acceptors (Lipinski definition) is 5. The van der Waals surface area contributed by atoms with Gasteiger partial charge in [-0.05, 0) is 49.3 Å². The molecule has 2 heterocycles. The van der Waals surface area contributed by atoms with Gasteiger partial charge in [-0.15, -0.1) is 0 Å². The largest absolute Gasteiger partial charge is 0.497 e. The molecule has 0 spiro atoms. The molecule has 1 aromatic carbocycles. The Morgan fingerprint density at radius 1 is 1.18 bits per heavy atom. The molecule has 6 nitrogen and oxygen atoms in total. The van der Waals surface area contributed by atoms with Crippen molar-refractivity contribution >= 4 is 5.91 Å². The zero-order chi connectivity index (χ0) is 20.3. The van der Waals surface area contributed by atoms with Gasteiger partial charge in [0.1, 0.15) is 11.5 Å². The van der Waals surface area contributed by atoms with E-state index in [1.807, 2.05) is 23.1 Å². The van der Waals surface area contributed by atoms with Crippen LogP contribution in [-0.2, 0) is 0 Å². The standard InChI is InChI=1S/C22H30N2O4/c1-14(2)19-8-6-15(3)10-11-24(19)22(25)18-13-21(28-23-18)17-12-16(26-4)7-9-20(17)27-5/h7,9,12-15,19H,6,8,10-11H2,1-5H3. The van der Waals surface area contributed by atoms with E-state index < -0.39 is 0 Å². The first kappa shape index (κ1) is 20.2. The Morgan fingerprint density at radius 2 is 1.96 bits per heavy atom. The van der Waals surface area contributed by atoms with Gasteiger partial charge in [-0.25, -0.2) is 0 Å². The van der Waals surface area contributed by atoms with Crippen molar-refractivity contribution in [1.29, 1.82) is 0 Å². The van der Waals surface area contributed by atoms with Gasteiger partial charge in [0, 0.05) is 18.7 Å². The van der Waals surface area contributed by atoms with Gasteiger partial charge in [0.25, 0.3) is 5.91 Å². The molecular formula is C22H30N2O4. The molecule has 1 aromatic heterocycles. The molecule has 1 amide bonds. The van der Waals surface area contributed by atoms with Crippen LogP contribution in [0.15, 0.2) is 28.8 Å². The fourth-order valence-electron chi connectivity index (χ4n) is 3.88. The second-order valence-corrected chi connectivity index (χ2v) is 7.92. The Bertz CT molecular complexity index is 815. The minimum absolute atomic E-state index is 0.0651. The summed E-state index contributed by atoms with van der Waals surface area (Å²) in [5, 5.41) is 4.08. The van der Waals surface area contributed by atoms with E-state index in [4.69, 9.17) is 14.0 Å². The average Bonchev–Trinajstić information content (AvgIpc) is 3.10. The van der Waals surface area contributed by atoms with Crippen LogP contribution in [0.4, 0.5) is 0 Å². The van der Waals surface area contributed by atoms with Gasteiger partial charge in [-0.2, -0.15) is 0 Å². The molecule has 0 saturated carbocycles. The van der Waals surface area contributed by atoms with E-state index in [1.54, 1.807) is 20.3 Å². The lowest BCUT2D eigenvalue weighted by molar-refractivity contribution is 0.0621. The molecule has 1 saturated heterocycles. The Morgan fingerprint density at radius 3 is 2.64 bits per heavy atom. The number of methoxy groups -OCH3 is 2. The molecule has 2 atom stereocenters. The van der Waals surface area contributed by atoms with Crippen molar-refractivity contribution < 1.29 is 18.8 Å². The number of carbonyl (C=O) groups is 1. The van der Waals surface area contributed by atoms with Crippen molar-refractivity contribution in [3.8, 4) is 22.8 Å². The molecule has 6 heteroatoms. The van der Waals surface area contributed by atoms with Crippen LogP contribution in [0.2, 0.25) is 0 Å². The maximum Gasteiger partial charge on any atom is 0.276 e. The van der Waals surface area contributed by atoms with Crippen LogP contribution >= 0.6 is 0 Å². The number of hydrogen-bond donors (Lipinski definition) is 0. The average molecular weight is 386 g/mol. The Hall–Kier alpha value is -2.50. The number of carbonyl (C=O) groups excluding carboxylic acids is 1. The van der Waals surface area contributed by atoms with Crippen molar-refractivity contribution in [2.24, 2.45) is 11.8 Å². The minimum Gasteiger partial charge on any atom is -0.497 e. The van der Waals surface area contributed by atoms with Crippen LogP contribution in [0.3, 0.4) is 0 Å². The number of benzene rings is 1. The molecule has 0 aliphatic carbocycles. The summed E-state index contributed by atoms with van der Waals surface area (Å²) in [5.41, 5.74) is 1.04. The number of ether oxygens (including phenoxy) is 2. The summed E-state index contributed by atoms with van der Waals surface area (Å²) in [4.78, 5) is 15.2. The van der Waals surface area contributed by atoms with E-state index in [1.165, 1.54) is 0 Å². The molecule has 152 valence electrons. The van der Waals surface area contributed by atoms with Crippen molar-refractivity contribution in [1.82, 2.24) is 10.1 Å². The topological polar surface area (TPSA) is 64.8 Å². The van der Waals surface area contributed by atoms with Gasteiger partial charge in [0.05, 0.1) is 19.8 Å². The van der Waals surface area contributed by atoms with Gasteiger partial charge in [0.15, 0.2) is 11.5 Å². The summed E-state index contributed by atoms with van der Waals surface area (Å²) in [6.07, 6.45) is 3.19. The second kappa shape index (κ2) is 8.67. The van der Waals surface area contributed by atoms with Crippen molar-refractivity contribution in [3.63, 3.8) is 0 Å². The molecule has 0 bridgehead atoms. The van der Waals surface area contributed by atoms with Gasteiger partial charge < -0.3 is 18.9 Å². The Labute approximate surface area is 166 Å². The van der Waals surface area contributed by atoms with Gasteiger partial charge in [-0.1, -0.05) is 25.9 Å². The van der Waals surface area contributed by atoms with E-state index >= 15 is 0 Å². The Kier molecular flexibility index (Phi) is 6.27.